The second kappa shape index (κ2) is 8.53. The Morgan fingerprint density at radius 1 is 1.11 bits per heavy atom. The summed E-state index contributed by atoms with van der Waals surface area (Å²) in [6.45, 7) is 4.89. The largest absolute Gasteiger partial charge is 0.388 e. The fourth-order valence-corrected chi connectivity index (χ4v) is 4.67. The SMILES string of the molecule is CC(C)Cn1c(=O)n(C)c(=O)c2c(C(=O)NCC3(O)CC3)n(Cc3cccc4ccccc34)cc21. The number of nitrogens with zero attached hydrogens (tertiary/aromatic N) is 3. The molecule has 35 heavy (non-hydrogen) atoms. The molecule has 5 rings (SSSR count). The number of carbonyl (C=O) groups is 1. The summed E-state index contributed by atoms with van der Waals surface area (Å²) in [6, 6.07) is 14.0. The Balaban J connectivity index is 1.72. The Morgan fingerprint density at radius 3 is 2.54 bits per heavy atom. The Kier molecular flexibility index (Phi) is 5.63. The van der Waals surface area contributed by atoms with Gasteiger partial charge in [0.05, 0.1) is 16.5 Å². The van der Waals surface area contributed by atoms with Crippen LogP contribution in [0.3, 0.4) is 0 Å². The molecule has 2 N–H and O–H groups in total. The third-order valence-electron chi connectivity index (χ3n) is 6.77. The van der Waals surface area contributed by atoms with E-state index < -0.39 is 22.8 Å². The summed E-state index contributed by atoms with van der Waals surface area (Å²) in [5.74, 6) is -0.274. The van der Waals surface area contributed by atoms with Crippen LogP contribution in [0.15, 0.2) is 58.3 Å². The molecule has 2 heterocycles. The van der Waals surface area contributed by atoms with Crippen LogP contribution >= 0.6 is 0 Å². The first-order valence-corrected chi connectivity index (χ1v) is 12.0. The number of fused-ring (bicyclic) bond motifs is 2. The second-order valence-corrected chi connectivity index (χ2v) is 10.1. The summed E-state index contributed by atoms with van der Waals surface area (Å²) in [4.78, 5) is 39.8. The highest BCUT2D eigenvalue weighted by Gasteiger charge is 2.40. The van der Waals surface area contributed by atoms with Crippen LogP contribution in [0.1, 0.15) is 42.7 Å². The van der Waals surface area contributed by atoms with Crippen LogP contribution in [0.25, 0.3) is 21.7 Å². The summed E-state index contributed by atoms with van der Waals surface area (Å²) >= 11 is 0. The van der Waals surface area contributed by atoms with Crippen LogP contribution in [0.5, 0.6) is 0 Å². The molecule has 8 nitrogen and oxygen atoms in total. The first kappa shape index (κ1) is 23.1. The number of benzene rings is 2. The van der Waals surface area contributed by atoms with Crippen molar-refractivity contribution < 1.29 is 9.90 Å². The number of hydrogen-bond donors (Lipinski definition) is 2. The van der Waals surface area contributed by atoms with Crippen LogP contribution in [0.4, 0.5) is 0 Å². The van der Waals surface area contributed by atoms with Crippen molar-refractivity contribution in [1.29, 1.82) is 0 Å². The van der Waals surface area contributed by atoms with Gasteiger partial charge in [-0.15, -0.1) is 0 Å². The molecule has 0 radical (unpaired) electrons. The third kappa shape index (κ3) is 4.18. The molecule has 1 aliphatic carbocycles. The van der Waals surface area contributed by atoms with E-state index in [-0.39, 0.29) is 23.5 Å². The molecule has 182 valence electrons. The number of rotatable bonds is 7. The van der Waals surface area contributed by atoms with E-state index >= 15 is 0 Å². The molecule has 0 saturated heterocycles. The van der Waals surface area contributed by atoms with E-state index in [4.69, 9.17) is 0 Å². The van der Waals surface area contributed by atoms with Gasteiger partial charge in [-0.25, -0.2) is 4.79 Å². The minimum Gasteiger partial charge on any atom is -0.388 e. The molecular weight excluding hydrogens is 444 g/mol. The molecule has 0 unspecified atom stereocenters. The van der Waals surface area contributed by atoms with E-state index in [1.54, 1.807) is 15.3 Å². The molecule has 8 heteroatoms. The molecule has 0 aliphatic heterocycles. The van der Waals surface area contributed by atoms with Crippen LogP contribution in [-0.2, 0) is 20.1 Å². The molecule has 2 aromatic carbocycles. The third-order valence-corrected chi connectivity index (χ3v) is 6.77. The van der Waals surface area contributed by atoms with Crippen LogP contribution in [-0.4, -0.2) is 36.9 Å². The molecule has 1 saturated carbocycles. The van der Waals surface area contributed by atoms with Gasteiger partial charge in [0.1, 0.15) is 5.69 Å². The summed E-state index contributed by atoms with van der Waals surface area (Å²) in [7, 11) is 1.44. The highest BCUT2D eigenvalue weighted by atomic mass is 16.3. The van der Waals surface area contributed by atoms with Gasteiger partial charge in [-0.2, -0.15) is 0 Å². The molecule has 1 fully saturated rings. The van der Waals surface area contributed by atoms with Crippen molar-refractivity contribution in [1.82, 2.24) is 19.0 Å². The Hall–Kier alpha value is -3.65. The van der Waals surface area contributed by atoms with Crippen LogP contribution < -0.4 is 16.6 Å². The predicted molar refractivity (Wildman–Crippen MR) is 136 cm³/mol. The lowest BCUT2D eigenvalue weighted by Crippen LogP contribution is -2.40. The molecule has 2 aromatic heterocycles. The van der Waals surface area contributed by atoms with Crippen LogP contribution in [0.2, 0.25) is 0 Å². The fraction of sp³-hybridized carbons (Fsp3) is 0.370. The van der Waals surface area contributed by atoms with Gasteiger partial charge in [-0.3, -0.25) is 18.7 Å². The standard InChI is InChI=1S/C27H30N4O4/c1-17(2)13-31-21-15-30(14-19-9-6-8-18-7-4-5-10-20(18)19)23(22(21)25(33)29(3)26(31)34)24(32)28-16-27(35)11-12-27/h4-10,15,17,35H,11-14,16H2,1-3H3,(H,28,32). The van der Waals surface area contributed by atoms with E-state index in [1.807, 2.05) is 56.3 Å². The summed E-state index contributed by atoms with van der Waals surface area (Å²) in [5, 5.41) is 15.4. The van der Waals surface area contributed by atoms with Gasteiger partial charge in [-0.1, -0.05) is 56.3 Å². The zero-order chi connectivity index (χ0) is 24.9. The quantitative estimate of drug-likeness (QED) is 0.430. The number of aromatic nitrogens is 3. The van der Waals surface area contributed by atoms with Gasteiger partial charge in [0.25, 0.3) is 11.5 Å². The van der Waals surface area contributed by atoms with E-state index in [0.29, 0.717) is 31.4 Å². The Morgan fingerprint density at radius 2 is 1.83 bits per heavy atom. The van der Waals surface area contributed by atoms with E-state index in [0.717, 1.165) is 20.9 Å². The van der Waals surface area contributed by atoms with Crippen molar-refractivity contribution >= 4 is 27.6 Å². The molecule has 0 bridgehead atoms. The van der Waals surface area contributed by atoms with Crippen LogP contribution in [0, 0.1) is 5.92 Å². The number of aliphatic hydroxyl groups is 1. The van der Waals surface area contributed by atoms with Crippen molar-refractivity contribution in [3.05, 3.63) is 80.8 Å². The van der Waals surface area contributed by atoms with Gasteiger partial charge in [-0.05, 0) is 35.1 Å². The number of amides is 1. The van der Waals surface area contributed by atoms with Crippen molar-refractivity contribution in [2.24, 2.45) is 13.0 Å². The first-order chi connectivity index (χ1) is 16.7. The maximum absolute atomic E-state index is 13.5. The van der Waals surface area contributed by atoms with Crippen molar-refractivity contribution in [2.45, 2.75) is 45.4 Å². The number of hydrogen-bond acceptors (Lipinski definition) is 4. The van der Waals surface area contributed by atoms with Gasteiger partial charge in [0.2, 0.25) is 0 Å². The van der Waals surface area contributed by atoms with Gasteiger partial charge < -0.3 is 15.0 Å². The zero-order valence-corrected chi connectivity index (χ0v) is 20.2. The molecule has 0 atom stereocenters. The maximum Gasteiger partial charge on any atom is 0.331 e. The van der Waals surface area contributed by atoms with Gasteiger partial charge in [0, 0.05) is 32.9 Å². The second-order valence-electron chi connectivity index (χ2n) is 10.1. The average molecular weight is 475 g/mol. The van der Waals surface area contributed by atoms with Crippen molar-refractivity contribution in [3.63, 3.8) is 0 Å². The minimum atomic E-state index is -0.872. The van der Waals surface area contributed by atoms with E-state index in [9.17, 15) is 19.5 Å². The fourth-order valence-electron chi connectivity index (χ4n) is 4.67. The highest BCUT2D eigenvalue weighted by Crippen LogP contribution is 2.34. The molecule has 4 aromatic rings. The summed E-state index contributed by atoms with van der Waals surface area (Å²) < 4.78 is 4.40. The lowest BCUT2D eigenvalue weighted by Gasteiger charge is -2.14. The van der Waals surface area contributed by atoms with Crippen molar-refractivity contribution in [2.75, 3.05) is 6.54 Å². The van der Waals surface area contributed by atoms with Gasteiger partial charge in [0.15, 0.2) is 0 Å². The first-order valence-electron chi connectivity index (χ1n) is 12.0. The predicted octanol–water partition coefficient (Wildman–Crippen LogP) is 2.61. The lowest BCUT2D eigenvalue weighted by atomic mass is 10.0. The van der Waals surface area contributed by atoms with E-state index in [2.05, 4.69) is 5.32 Å². The zero-order valence-electron chi connectivity index (χ0n) is 20.2. The average Bonchev–Trinajstić information content (AvgIpc) is 3.46. The highest BCUT2D eigenvalue weighted by molar-refractivity contribution is 6.05. The van der Waals surface area contributed by atoms with Gasteiger partial charge >= 0.3 is 5.69 Å². The monoisotopic (exact) mass is 474 g/mol. The van der Waals surface area contributed by atoms with Crippen molar-refractivity contribution in [3.8, 4) is 0 Å². The molecular formula is C27H30N4O4. The molecule has 1 aliphatic rings. The summed E-state index contributed by atoms with van der Waals surface area (Å²) in [6.07, 6.45) is 3.02. The molecule has 0 spiro atoms. The normalized spacial score (nSPS) is 14.7. The number of nitrogens with one attached hydrogen (secondary N) is 1. The minimum absolute atomic E-state index is 0.124. The Bertz CT molecular complexity index is 1560. The smallest absolute Gasteiger partial charge is 0.331 e. The lowest BCUT2D eigenvalue weighted by molar-refractivity contribution is 0.0889. The maximum atomic E-state index is 13.5. The van der Waals surface area contributed by atoms with E-state index in [1.165, 1.54) is 7.05 Å². The number of carbonyl (C=O) groups excluding carboxylic acids is 1. The Labute approximate surface area is 202 Å². The molecule has 1 amide bonds. The summed E-state index contributed by atoms with van der Waals surface area (Å²) in [5.41, 5.74) is -0.136. The topological polar surface area (TPSA) is 98.3 Å².